The predicted molar refractivity (Wildman–Crippen MR) is 34.8 cm³/mol. The Hall–Kier alpha value is -0.0765. The Kier molecular flexibility index (Phi) is 4.66. The van der Waals surface area contributed by atoms with Crippen LogP contribution in [0.15, 0.2) is 0 Å². The normalized spacial score (nSPS) is 26.1. The fraction of sp³-hybridized carbons (Fsp3) is 0.833. The summed E-state index contributed by atoms with van der Waals surface area (Å²) in [6.07, 6.45) is 2.98. The van der Waals surface area contributed by atoms with E-state index in [0.29, 0.717) is 0 Å². The van der Waals surface area contributed by atoms with Crippen molar-refractivity contribution in [1.82, 2.24) is 5.32 Å². The van der Waals surface area contributed by atoms with E-state index in [1.54, 1.807) is 0 Å². The third-order valence-corrected chi connectivity index (χ3v) is 1.58. The molecule has 0 aromatic carbocycles. The molecule has 1 rings (SSSR count). The molecule has 1 atom stereocenters. The molecular formula is C6H12N2NiO. The maximum absolute atomic E-state index is 10.8. The zero-order chi connectivity index (χ0) is 6.69. The van der Waals surface area contributed by atoms with Crippen LogP contribution in [0.1, 0.15) is 19.3 Å². The molecule has 1 unspecified atom stereocenters. The Balaban J connectivity index is 0.000000810. The number of nitrogens with two attached hydrogens (primary N) is 1. The predicted octanol–water partition coefficient (Wildman–Crippen LogP) is -0.389. The summed E-state index contributed by atoms with van der Waals surface area (Å²) in [5, 5.41) is 2.73. The van der Waals surface area contributed by atoms with Gasteiger partial charge >= 0.3 is 0 Å². The first kappa shape index (κ1) is 9.92. The van der Waals surface area contributed by atoms with Gasteiger partial charge in [0.05, 0.1) is 6.04 Å². The van der Waals surface area contributed by atoms with E-state index in [1.807, 2.05) is 0 Å². The van der Waals surface area contributed by atoms with Crippen LogP contribution in [-0.4, -0.2) is 18.5 Å². The molecule has 0 radical (unpaired) electrons. The summed E-state index contributed by atoms with van der Waals surface area (Å²) in [6.45, 7) is 0.798. The molecule has 0 aliphatic carbocycles. The first-order chi connectivity index (χ1) is 4.30. The van der Waals surface area contributed by atoms with Gasteiger partial charge in [0.1, 0.15) is 0 Å². The van der Waals surface area contributed by atoms with Gasteiger partial charge in [0.2, 0.25) is 5.91 Å². The third kappa shape index (κ3) is 2.67. The summed E-state index contributed by atoms with van der Waals surface area (Å²) >= 11 is 0. The molecule has 0 aromatic heterocycles. The number of hydrogen-bond acceptors (Lipinski definition) is 2. The molecule has 1 heterocycles. The van der Waals surface area contributed by atoms with Gasteiger partial charge in [-0.15, -0.1) is 0 Å². The van der Waals surface area contributed by atoms with Gasteiger partial charge in [-0.2, -0.15) is 0 Å². The minimum absolute atomic E-state index is 0. The van der Waals surface area contributed by atoms with Crippen LogP contribution in [0, 0.1) is 0 Å². The number of hydrogen-bond donors (Lipinski definition) is 2. The molecule has 1 amide bonds. The monoisotopic (exact) mass is 186 g/mol. The van der Waals surface area contributed by atoms with Crippen molar-refractivity contribution >= 4 is 5.91 Å². The SMILES string of the molecule is NC1CCCCNC1=O.[Ni]. The van der Waals surface area contributed by atoms with Crippen molar-refractivity contribution in [1.29, 1.82) is 0 Å². The standard InChI is InChI=1S/C6H12N2O.Ni/c7-5-3-1-2-4-8-6(5)9;/h5H,1-4,7H2,(H,8,9);. The number of carbonyl (C=O) groups excluding carboxylic acids is 1. The third-order valence-electron chi connectivity index (χ3n) is 1.58. The summed E-state index contributed by atoms with van der Waals surface area (Å²) in [5.41, 5.74) is 5.47. The minimum atomic E-state index is -0.257. The maximum atomic E-state index is 10.8. The second kappa shape index (κ2) is 4.70. The van der Waals surface area contributed by atoms with Crippen LogP contribution in [0.2, 0.25) is 0 Å². The Morgan fingerprint density at radius 2 is 2.20 bits per heavy atom. The van der Waals surface area contributed by atoms with E-state index in [9.17, 15) is 4.79 Å². The average molecular weight is 187 g/mol. The molecule has 1 fully saturated rings. The van der Waals surface area contributed by atoms with Crippen molar-refractivity contribution in [3.8, 4) is 0 Å². The molecule has 10 heavy (non-hydrogen) atoms. The van der Waals surface area contributed by atoms with Gasteiger partial charge in [-0.1, -0.05) is 0 Å². The molecule has 62 valence electrons. The molecule has 0 spiro atoms. The molecule has 1 saturated heterocycles. The van der Waals surface area contributed by atoms with E-state index in [0.717, 1.165) is 25.8 Å². The second-order valence-corrected chi connectivity index (χ2v) is 2.39. The summed E-state index contributed by atoms with van der Waals surface area (Å²) in [6, 6.07) is -0.257. The molecule has 0 saturated carbocycles. The first-order valence-electron chi connectivity index (χ1n) is 3.34. The van der Waals surface area contributed by atoms with E-state index in [-0.39, 0.29) is 28.4 Å². The van der Waals surface area contributed by atoms with E-state index < -0.39 is 0 Å². The molecule has 0 bridgehead atoms. The summed E-state index contributed by atoms with van der Waals surface area (Å²) in [7, 11) is 0. The Labute approximate surface area is 70.7 Å². The van der Waals surface area contributed by atoms with E-state index in [4.69, 9.17) is 5.73 Å². The molecule has 0 aromatic rings. The fourth-order valence-electron chi connectivity index (χ4n) is 0.963. The van der Waals surface area contributed by atoms with Crippen LogP contribution >= 0.6 is 0 Å². The van der Waals surface area contributed by atoms with Gasteiger partial charge in [-0.25, -0.2) is 0 Å². The van der Waals surface area contributed by atoms with Gasteiger partial charge in [0, 0.05) is 23.0 Å². The van der Waals surface area contributed by atoms with Gasteiger partial charge in [0.25, 0.3) is 0 Å². The van der Waals surface area contributed by atoms with E-state index in [1.165, 1.54) is 0 Å². The Morgan fingerprint density at radius 3 is 2.90 bits per heavy atom. The number of nitrogens with one attached hydrogen (secondary N) is 1. The topological polar surface area (TPSA) is 55.1 Å². The minimum Gasteiger partial charge on any atom is -0.355 e. The van der Waals surface area contributed by atoms with Crippen LogP contribution in [0.3, 0.4) is 0 Å². The quantitative estimate of drug-likeness (QED) is 0.507. The van der Waals surface area contributed by atoms with Crippen molar-refractivity contribution in [2.45, 2.75) is 25.3 Å². The van der Waals surface area contributed by atoms with Gasteiger partial charge in [-0.05, 0) is 19.3 Å². The summed E-state index contributed by atoms with van der Waals surface area (Å²) in [5.74, 6) is 0.00694. The van der Waals surface area contributed by atoms with Crippen LogP contribution in [0.5, 0.6) is 0 Å². The average Bonchev–Trinajstić information content (AvgIpc) is 1.99. The van der Waals surface area contributed by atoms with Crippen molar-refractivity contribution in [3.05, 3.63) is 0 Å². The summed E-state index contributed by atoms with van der Waals surface area (Å²) < 4.78 is 0. The van der Waals surface area contributed by atoms with Gasteiger partial charge in [0.15, 0.2) is 0 Å². The second-order valence-electron chi connectivity index (χ2n) is 2.39. The Bertz CT molecular complexity index is 118. The molecule has 3 nitrogen and oxygen atoms in total. The number of carbonyl (C=O) groups is 1. The fourth-order valence-corrected chi connectivity index (χ4v) is 0.963. The maximum Gasteiger partial charge on any atom is 0.236 e. The molecule has 1 aliphatic heterocycles. The van der Waals surface area contributed by atoms with Crippen molar-refractivity contribution in [3.63, 3.8) is 0 Å². The molecule has 4 heteroatoms. The van der Waals surface area contributed by atoms with E-state index in [2.05, 4.69) is 5.32 Å². The van der Waals surface area contributed by atoms with Crippen molar-refractivity contribution < 1.29 is 21.3 Å². The number of amides is 1. The summed E-state index contributed by atoms with van der Waals surface area (Å²) in [4.78, 5) is 10.8. The molecule has 3 N–H and O–H groups in total. The molecular weight excluding hydrogens is 175 g/mol. The molecule has 1 aliphatic rings. The van der Waals surface area contributed by atoms with Crippen molar-refractivity contribution in [2.75, 3.05) is 6.54 Å². The van der Waals surface area contributed by atoms with Crippen LogP contribution in [0.25, 0.3) is 0 Å². The smallest absolute Gasteiger partial charge is 0.236 e. The van der Waals surface area contributed by atoms with Crippen LogP contribution in [0.4, 0.5) is 0 Å². The van der Waals surface area contributed by atoms with Gasteiger partial charge in [-0.3, -0.25) is 4.79 Å². The Morgan fingerprint density at radius 1 is 1.50 bits per heavy atom. The number of rotatable bonds is 0. The largest absolute Gasteiger partial charge is 0.355 e. The first-order valence-corrected chi connectivity index (χ1v) is 3.34. The van der Waals surface area contributed by atoms with Gasteiger partial charge < -0.3 is 11.1 Å². The van der Waals surface area contributed by atoms with Crippen molar-refractivity contribution in [2.24, 2.45) is 5.73 Å². The van der Waals surface area contributed by atoms with Crippen LogP contribution < -0.4 is 11.1 Å². The van der Waals surface area contributed by atoms with E-state index >= 15 is 0 Å². The zero-order valence-corrected chi connectivity index (χ0v) is 6.70. The van der Waals surface area contributed by atoms with Crippen LogP contribution in [-0.2, 0) is 21.3 Å². The zero-order valence-electron chi connectivity index (χ0n) is 5.71.